The quantitative estimate of drug-likeness (QED) is 0.744. The molecule has 0 aromatic heterocycles. The summed E-state index contributed by atoms with van der Waals surface area (Å²) in [5, 5.41) is 3.59. The summed E-state index contributed by atoms with van der Waals surface area (Å²) in [6, 6.07) is 10.6. The van der Waals surface area contributed by atoms with Crippen LogP contribution in [0, 0.1) is 5.92 Å². The van der Waals surface area contributed by atoms with E-state index in [4.69, 9.17) is 4.74 Å². The van der Waals surface area contributed by atoms with Gasteiger partial charge in [0.2, 0.25) is 0 Å². The Kier molecular flexibility index (Phi) is 4.87. The van der Waals surface area contributed by atoms with Crippen molar-refractivity contribution in [3.8, 4) is 5.75 Å². The van der Waals surface area contributed by atoms with Gasteiger partial charge in [-0.05, 0) is 37.4 Å². The molecule has 94 valence electrons. The fourth-order valence-electron chi connectivity index (χ4n) is 2.03. The van der Waals surface area contributed by atoms with Gasteiger partial charge in [-0.25, -0.2) is 0 Å². The van der Waals surface area contributed by atoms with Crippen LogP contribution in [-0.2, 0) is 0 Å². The Morgan fingerprint density at radius 1 is 1.29 bits per heavy atom. The molecule has 2 nitrogen and oxygen atoms in total. The van der Waals surface area contributed by atoms with Crippen molar-refractivity contribution in [2.45, 2.75) is 38.6 Å². The second-order valence-electron chi connectivity index (χ2n) is 4.95. The molecule has 1 unspecified atom stereocenters. The maximum Gasteiger partial charge on any atom is 0.119 e. The minimum atomic E-state index is 0.516. The maximum atomic E-state index is 5.83. The van der Waals surface area contributed by atoms with Gasteiger partial charge in [-0.3, -0.25) is 0 Å². The van der Waals surface area contributed by atoms with Gasteiger partial charge in [-0.1, -0.05) is 38.0 Å². The van der Waals surface area contributed by atoms with Gasteiger partial charge >= 0.3 is 0 Å². The number of rotatable bonds is 8. The molecule has 1 aliphatic rings. The molecule has 1 saturated carbocycles. The van der Waals surface area contributed by atoms with Crippen molar-refractivity contribution < 1.29 is 4.74 Å². The summed E-state index contributed by atoms with van der Waals surface area (Å²) in [4.78, 5) is 0. The van der Waals surface area contributed by atoms with Crippen LogP contribution in [0.15, 0.2) is 30.3 Å². The van der Waals surface area contributed by atoms with Gasteiger partial charge in [0, 0.05) is 6.04 Å². The highest BCUT2D eigenvalue weighted by Gasteiger charge is 2.25. The van der Waals surface area contributed by atoms with E-state index < -0.39 is 0 Å². The molecule has 1 fully saturated rings. The molecule has 0 heterocycles. The van der Waals surface area contributed by atoms with Gasteiger partial charge in [-0.2, -0.15) is 0 Å². The zero-order valence-corrected chi connectivity index (χ0v) is 10.7. The Labute approximate surface area is 104 Å². The predicted octanol–water partition coefficient (Wildman–Crippen LogP) is 3.23. The lowest BCUT2D eigenvalue weighted by atomic mass is 10.1. The van der Waals surface area contributed by atoms with Crippen LogP contribution in [0.5, 0.6) is 5.75 Å². The molecule has 2 heteroatoms. The molecule has 0 amide bonds. The van der Waals surface area contributed by atoms with Crippen molar-refractivity contribution in [1.82, 2.24) is 5.32 Å². The first kappa shape index (κ1) is 12.4. The van der Waals surface area contributed by atoms with Gasteiger partial charge in [0.15, 0.2) is 0 Å². The van der Waals surface area contributed by atoms with Crippen LogP contribution in [0.4, 0.5) is 0 Å². The summed E-state index contributed by atoms with van der Waals surface area (Å²) in [5.41, 5.74) is 0. The molecular weight excluding hydrogens is 210 g/mol. The van der Waals surface area contributed by atoms with E-state index in [9.17, 15) is 0 Å². The number of benzene rings is 1. The van der Waals surface area contributed by atoms with E-state index in [1.54, 1.807) is 0 Å². The van der Waals surface area contributed by atoms with Crippen LogP contribution in [0.2, 0.25) is 0 Å². The van der Waals surface area contributed by atoms with Crippen LogP contribution < -0.4 is 10.1 Å². The SMILES string of the molecule is CCCNC(COc1ccccc1)CC1CC1. The Hall–Kier alpha value is -1.02. The van der Waals surface area contributed by atoms with E-state index in [0.29, 0.717) is 6.04 Å². The van der Waals surface area contributed by atoms with Gasteiger partial charge < -0.3 is 10.1 Å². The van der Waals surface area contributed by atoms with Crippen LogP contribution in [-0.4, -0.2) is 19.2 Å². The Bertz CT molecular complexity index is 308. The lowest BCUT2D eigenvalue weighted by Gasteiger charge is -2.18. The van der Waals surface area contributed by atoms with Crippen molar-refractivity contribution in [2.24, 2.45) is 5.92 Å². The lowest BCUT2D eigenvalue weighted by molar-refractivity contribution is 0.252. The summed E-state index contributed by atoms with van der Waals surface area (Å²) in [6.07, 6.45) is 5.28. The van der Waals surface area contributed by atoms with E-state index in [1.807, 2.05) is 30.3 Å². The Morgan fingerprint density at radius 2 is 2.06 bits per heavy atom. The third-order valence-electron chi connectivity index (χ3n) is 3.19. The van der Waals surface area contributed by atoms with Crippen LogP contribution in [0.3, 0.4) is 0 Å². The maximum absolute atomic E-state index is 5.83. The van der Waals surface area contributed by atoms with Gasteiger partial charge in [0.1, 0.15) is 12.4 Å². The summed E-state index contributed by atoms with van der Waals surface area (Å²) < 4.78 is 5.83. The van der Waals surface area contributed by atoms with Crippen LogP contribution in [0.25, 0.3) is 0 Å². The third-order valence-corrected chi connectivity index (χ3v) is 3.19. The highest BCUT2D eigenvalue weighted by Crippen LogP contribution is 2.33. The smallest absolute Gasteiger partial charge is 0.119 e. The van der Waals surface area contributed by atoms with Crippen molar-refractivity contribution in [3.63, 3.8) is 0 Å². The number of hydrogen-bond donors (Lipinski definition) is 1. The molecule has 17 heavy (non-hydrogen) atoms. The second kappa shape index (κ2) is 6.65. The van der Waals surface area contributed by atoms with E-state index in [0.717, 1.165) is 24.8 Å². The summed E-state index contributed by atoms with van der Waals surface area (Å²) >= 11 is 0. The highest BCUT2D eigenvalue weighted by molar-refractivity contribution is 5.20. The molecule has 1 aliphatic carbocycles. The van der Waals surface area contributed by atoms with Gasteiger partial charge in [0.25, 0.3) is 0 Å². The molecule has 1 aromatic carbocycles. The molecular formula is C15H23NO. The van der Waals surface area contributed by atoms with E-state index in [1.165, 1.54) is 25.7 Å². The average Bonchev–Trinajstić information content (AvgIpc) is 3.18. The minimum Gasteiger partial charge on any atom is -0.492 e. The first-order valence-electron chi connectivity index (χ1n) is 6.79. The minimum absolute atomic E-state index is 0.516. The molecule has 0 saturated heterocycles. The zero-order chi connectivity index (χ0) is 11.9. The molecule has 1 N–H and O–H groups in total. The first-order chi connectivity index (χ1) is 8.38. The van der Waals surface area contributed by atoms with Crippen molar-refractivity contribution >= 4 is 0 Å². The first-order valence-corrected chi connectivity index (χ1v) is 6.79. The molecule has 0 spiro atoms. The zero-order valence-electron chi connectivity index (χ0n) is 10.7. The van der Waals surface area contributed by atoms with Gasteiger partial charge in [-0.15, -0.1) is 0 Å². The average molecular weight is 233 g/mol. The highest BCUT2D eigenvalue weighted by atomic mass is 16.5. The van der Waals surface area contributed by atoms with Crippen molar-refractivity contribution in [1.29, 1.82) is 0 Å². The second-order valence-corrected chi connectivity index (χ2v) is 4.95. The Balaban J connectivity index is 1.75. The number of ether oxygens (including phenoxy) is 1. The summed E-state index contributed by atoms with van der Waals surface area (Å²) in [6.45, 7) is 4.09. The monoisotopic (exact) mass is 233 g/mol. The number of nitrogens with one attached hydrogen (secondary N) is 1. The van der Waals surface area contributed by atoms with Crippen molar-refractivity contribution in [3.05, 3.63) is 30.3 Å². The summed E-state index contributed by atoms with van der Waals surface area (Å²) in [5.74, 6) is 1.93. The lowest BCUT2D eigenvalue weighted by Crippen LogP contribution is -2.35. The van der Waals surface area contributed by atoms with Crippen LogP contribution in [0.1, 0.15) is 32.6 Å². The Morgan fingerprint density at radius 3 is 2.71 bits per heavy atom. The fraction of sp³-hybridized carbons (Fsp3) is 0.600. The third kappa shape index (κ3) is 4.78. The standard InChI is InChI=1S/C15H23NO/c1-2-10-16-14(11-13-8-9-13)12-17-15-6-4-3-5-7-15/h3-7,13-14,16H,2,8-12H2,1H3. The predicted molar refractivity (Wildman–Crippen MR) is 71.4 cm³/mol. The molecule has 2 rings (SSSR count). The number of para-hydroxylation sites is 1. The normalized spacial score (nSPS) is 16.8. The van der Waals surface area contributed by atoms with E-state index >= 15 is 0 Å². The topological polar surface area (TPSA) is 21.3 Å². The van der Waals surface area contributed by atoms with E-state index in [2.05, 4.69) is 12.2 Å². The molecule has 1 aromatic rings. The van der Waals surface area contributed by atoms with Crippen LogP contribution >= 0.6 is 0 Å². The molecule has 0 bridgehead atoms. The van der Waals surface area contributed by atoms with E-state index in [-0.39, 0.29) is 0 Å². The van der Waals surface area contributed by atoms with Crippen molar-refractivity contribution in [2.75, 3.05) is 13.2 Å². The molecule has 0 aliphatic heterocycles. The fourth-order valence-corrected chi connectivity index (χ4v) is 2.03. The number of hydrogen-bond acceptors (Lipinski definition) is 2. The summed E-state index contributed by atoms with van der Waals surface area (Å²) in [7, 11) is 0. The molecule has 1 atom stereocenters. The van der Waals surface area contributed by atoms with Gasteiger partial charge in [0.05, 0.1) is 0 Å². The largest absolute Gasteiger partial charge is 0.492 e. The molecule has 0 radical (unpaired) electrons.